The third-order valence-corrected chi connectivity index (χ3v) is 3.63. The van der Waals surface area contributed by atoms with Crippen LogP contribution in [0.4, 0.5) is 0 Å². The molecule has 16 heavy (non-hydrogen) atoms. The molecule has 7 heteroatoms. The first-order chi connectivity index (χ1) is 7.36. The van der Waals surface area contributed by atoms with Crippen molar-refractivity contribution in [1.82, 2.24) is 0 Å². The number of nitrogens with two attached hydrogens (primary N) is 1. The van der Waals surface area contributed by atoms with Gasteiger partial charge in [-0.15, -0.1) is 0 Å². The zero-order valence-corrected chi connectivity index (χ0v) is 10.6. The molecule has 4 N–H and O–H groups in total. The zero-order chi connectivity index (χ0) is 12.3. The summed E-state index contributed by atoms with van der Waals surface area (Å²) in [5.74, 6) is 0. The minimum absolute atomic E-state index is 0.0918. The maximum Gasteiger partial charge on any atom is 0.238 e. The molecule has 5 nitrogen and oxygen atoms in total. The van der Waals surface area contributed by atoms with Crippen molar-refractivity contribution in [2.24, 2.45) is 5.14 Å². The lowest BCUT2D eigenvalue weighted by atomic mass is 10.1. The minimum atomic E-state index is -3.80. The van der Waals surface area contributed by atoms with Crippen molar-refractivity contribution in [2.45, 2.75) is 17.1 Å². The van der Waals surface area contributed by atoms with Crippen molar-refractivity contribution in [1.29, 1.82) is 0 Å². The number of alkyl halides is 1. The molecule has 0 aliphatic heterocycles. The van der Waals surface area contributed by atoms with Gasteiger partial charge in [0.05, 0.1) is 11.0 Å². The summed E-state index contributed by atoms with van der Waals surface area (Å²) in [5, 5.41) is 24.2. The molecule has 1 rings (SSSR count). The van der Waals surface area contributed by atoms with E-state index in [4.69, 9.17) is 5.14 Å². The number of benzene rings is 1. The average Bonchev–Trinajstić information content (AvgIpc) is 2.26. The number of aliphatic hydroxyl groups excluding tert-OH is 2. The van der Waals surface area contributed by atoms with Gasteiger partial charge in [-0.1, -0.05) is 28.1 Å². The van der Waals surface area contributed by atoms with Gasteiger partial charge in [0, 0.05) is 5.33 Å². The van der Waals surface area contributed by atoms with Crippen LogP contribution in [0.5, 0.6) is 0 Å². The predicted molar refractivity (Wildman–Crippen MR) is 62.6 cm³/mol. The number of sulfonamides is 1. The lowest BCUT2D eigenvalue weighted by Gasteiger charge is -2.16. The Bertz CT molecular complexity index is 462. The van der Waals surface area contributed by atoms with E-state index in [1.807, 2.05) is 0 Å². The van der Waals surface area contributed by atoms with Gasteiger partial charge in [-0.2, -0.15) is 0 Å². The Morgan fingerprint density at radius 2 is 2.00 bits per heavy atom. The van der Waals surface area contributed by atoms with Crippen LogP contribution in [-0.2, 0) is 10.0 Å². The van der Waals surface area contributed by atoms with Crippen molar-refractivity contribution >= 4 is 26.0 Å². The number of hydrogen-bond acceptors (Lipinski definition) is 4. The van der Waals surface area contributed by atoms with Gasteiger partial charge >= 0.3 is 0 Å². The van der Waals surface area contributed by atoms with E-state index in [1.54, 1.807) is 0 Å². The monoisotopic (exact) mass is 309 g/mol. The van der Waals surface area contributed by atoms with Crippen LogP contribution in [0, 0.1) is 0 Å². The van der Waals surface area contributed by atoms with E-state index in [1.165, 1.54) is 24.3 Å². The molecule has 0 heterocycles. The maximum atomic E-state index is 11.1. The molecule has 2 unspecified atom stereocenters. The highest BCUT2D eigenvalue weighted by molar-refractivity contribution is 9.09. The number of halogens is 1. The summed E-state index contributed by atoms with van der Waals surface area (Å²) in [6.07, 6.45) is -2.16. The first kappa shape index (κ1) is 13.6. The zero-order valence-electron chi connectivity index (χ0n) is 8.25. The van der Waals surface area contributed by atoms with Crippen LogP contribution in [0.1, 0.15) is 11.7 Å². The molecule has 0 radical (unpaired) electrons. The van der Waals surface area contributed by atoms with Crippen molar-refractivity contribution in [3.05, 3.63) is 29.8 Å². The molecular formula is C9H12BrNO4S. The Morgan fingerprint density at radius 1 is 1.38 bits per heavy atom. The Morgan fingerprint density at radius 3 is 2.50 bits per heavy atom. The van der Waals surface area contributed by atoms with E-state index < -0.39 is 22.2 Å². The SMILES string of the molecule is NS(=O)(=O)c1cccc(C(O)C(O)CBr)c1. The molecule has 1 aromatic rings. The maximum absolute atomic E-state index is 11.1. The van der Waals surface area contributed by atoms with Gasteiger partial charge in [0.1, 0.15) is 6.10 Å². The Balaban J connectivity index is 3.08. The summed E-state index contributed by atoms with van der Waals surface area (Å²) in [4.78, 5) is -0.0918. The molecule has 0 bridgehead atoms. The lowest BCUT2D eigenvalue weighted by Crippen LogP contribution is -2.20. The average molecular weight is 310 g/mol. The van der Waals surface area contributed by atoms with Gasteiger partial charge < -0.3 is 10.2 Å². The molecule has 0 spiro atoms. The summed E-state index contributed by atoms with van der Waals surface area (Å²) in [7, 11) is -3.80. The molecule has 2 atom stereocenters. The highest BCUT2D eigenvalue weighted by Gasteiger charge is 2.18. The number of primary sulfonamides is 1. The van der Waals surface area contributed by atoms with Crippen LogP contribution in [0.3, 0.4) is 0 Å². The van der Waals surface area contributed by atoms with Crippen molar-refractivity contribution in [3.63, 3.8) is 0 Å². The third kappa shape index (κ3) is 3.26. The fraction of sp³-hybridized carbons (Fsp3) is 0.333. The molecule has 0 aromatic heterocycles. The van der Waals surface area contributed by atoms with Crippen molar-refractivity contribution < 1.29 is 18.6 Å². The topological polar surface area (TPSA) is 101 Å². The van der Waals surface area contributed by atoms with E-state index in [0.29, 0.717) is 5.56 Å². The third-order valence-electron chi connectivity index (χ3n) is 2.05. The second-order valence-electron chi connectivity index (χ2n) is 3.28. The standard InChI is InChI=1S/C9H12BrNO4S/c10-5-8(12)9(13)6-2-1-3-7(4-6)16(11,14)15/h1-4,8-9,12-13H,5H2,(H2,11,14,15). The summed E-state index contributed by atoms with van der Waals surface area (Å²) in [6, 6.07) is 5.54. The lowest BCUT2D eigenvalue weighted by molar-refractivity contribution is 0.0341. The summed E-state index contributed by atoms with van der Waals surface area (Å²) in [5.41, 5.74) is 0.304. The van der Waals surface area contributed by atoms with E-state index in [9.17, 15) is 18.6 Å². The molecule has 1 aromatic carbocycles. The van der Waals surface area contributed by atoms with E-state index in [2.05, 4.69) is 15.9 Å². The van der Waals surface area contributed by atoms with Crippen LogP contribution >= 0.6 is 15.9 Å². The van der Waals surface area contributed by atoms with E-state index in [0.717, 1.165) is 0 Å². The minimum Gasteiger partial charge on any atom is -0.389 e. The van der Waals surface area contributed by atoms with Gasteiger partial charge in [0.25, 0.3) is 0 Å². The molecule has 0 saturated heterocycles. The van der Waals surface area contributed by atoms with E-state index >= 15 is 0 Å². The molecule has 90 valence electrons. The molecule has 0 aliphatic rings. The Hall–Kier alpha value is -0.470. The van der Waals surface area contributed by atoms with Gasteiger partial charge in [-0.25, -0.2) is 13.6 Å². The second-order valence-corrected chi connectivity index (χ2v) is 5.49. The molecule has 0 saturated carbocycles. The van der Waals surface area contributed by atoms with Crippen LogP contribution in [0.2, 0.25) is 0 Å². The summed E-state index contributed by atoms with van der Waals surface area (Å²) >= 11 is 3.02. The van der Waals surface area contributed by atoms with Crippen molar-refractivity contribution in [2.75, 3.05) is 5.33 Å². The molecule has 0 fully saturated rings. The fourth-order valence-electron chi connectivity index (χ4n) is 1.18. The first-order valence-corrected chi connectivity index (χ1v) is 7.08. The summed E-state index contributed by atoms with van der Waals surface area (Å²) < 4.78 is 22.1. The predicted octanol–water partition coefficient (Wildman–Crippen LogP) is 0.123. The van der Waals surface area contributed by atoms with Gasteiger partial charge in [0.15, 0.2) is 0 Å². The molecule has 0 amide bonds. The second kappa shape index (κ2) is 5.24. The smallest absolute Gasteiger partial charge is 0.238 e. The summed E-state index contributed by atoms with van der Waals surface area (Å²) in [6.45, 7) is 0. The van der Waals surface area contributed by atoms with Crippen LogP contribution < -0.4 is 5.14 Å². The van der Waals surface area contributed by atoms with Crippen LogP contribution in [0.15, 0.2) is 29.2 Å². The largest absolute Gasteiger partial charge is 0.389 e. The number of rotatable bonds is 4. The Kier molecular flexibility index (Phi) is 4.45. The van der Waals surface area contributed by atoms with Crippen molar-refractivity contribution in [3.8, 4) is 0 Å². The Labute approximate surface area is 102 Å². The highest BCUT2D eigenvalue weighted by atomic mass is 79.9. The van der Waals surface area contributed by atoms with Crippen LogP contribution in [-0.4, -0.2) is 30.1 Å². The van der Waals surface area contributed by atoms with E-state index in [-0.39, 0.29) is 10.2 Å². The van der Waals surface area contributed by atoms with Gasteiger partial charge in [-0.3, -0.25) is 0 Å². The number of hydrogen-bond donors (Lipinski definition) is 3. The quantitative estimate of drug-likeness (QED) is 0.688. The van der Waals surface area contributed by atoms with Gasteiger partial charge in [0.2, 0.25) is 10.0 Å². The first-order valence-electron chi connectivity index (χ1n) is 4.41. The van der Waals surface area contributed by atoms with Gasteiger partial charge in [-0.05, 0) is 17.7 Å². The number of aliphatic hydroxyl groups is 2. The van der Waals surface area contributed by atoms with Crippen LogP contribution in [0.25, 0.3) is 0 Å². The normalized spacial score (nSPS) is 15.8. The fourth-order valence-corrected chi connectivity index (χ4v) is 2.10. The molecule has 0 aliphatic carbocycles. The molecular weight excluding hydrogens is 298 g/mol. The highest BCUT2D eigenvalue weighted by Crippen LogP contribution is 2.20.